The zero-order valence-corrected chi connectivity index (χ0v) is 22.1. The van der Waals surface area contributed by atoms with Crippen LogP contribution in [0.15, 0.2) is 35.2 Å². The van der Waals surface area contributed by atoms with E-state index in [2.05, 4.69) is 27.9 Å². The maximum atomic E-state index is 12.9. The summed E-state index contributed by atoms with van der Waals surface area (Å²) in [5, 5.41) is 2.18. The molecule has 0 saturated carbocycles. The van der Waals surface area contributed by atoms with Crippen molar-refractivity contribution in [3.05, 3.63) is 44.4 Å². The van der Waals surface area contributed by atoms with Gasteiger partial charge in [-0.05, 0) is 76.7 Å². The van der Waals surface area contributed by atoms with Gasteiger partial charge in [0.05, 0.1) is 22.2 Å². The highest BCUT2D eigenvalue weighted by molar-refractivity contribution is 14.1. The zero-order chi connectivity index (χ0) is 24.9. The lowest BCUT2D eigenvalue weighted by Gasteiger charge is -2.19. The molecule has 0 bridgehead atoms. The highest BCUT2D eigenvalue weighted by atomic mass is 127. The van der Waals surface area contributed by atoms with Gasteiger partial charge < -0.3 is 24.3 Å². The first kappa shape index (κ1) is 25.2. The van der Waals surface area contributed by atoms with Gasteiger partial charge in [-0.25, -0.2) is 0 Å². The van der Waals surface area contributed by atoms with Gasteiger partial charge in [0.1, 0.15) is 19.8 Å². The molecular weight excluding hydrogens is 587 g/mol. The second-order valence-electron chi connectivity index (χ2n) is 7.56. The van der Waals surface area contributed by atoms with Gasteiger partial charge in [-0.1, -0.05) is 6.92 Å². The topological polar surface area (TPSA) is 103 Å². The van der Waals surface area contributed by atoms with Crippen LogP contribution in [0.25, 0.3) is 6.08 Å². The maximum Gasteiger partial charge on any atom is 0.294 e. The van der Waals surface area contributed by atoms with E-state index in [1.54, 1.807) is 37.5 Å². The summed E-state index contributed by atoms with van der Waals surface area (Å²) in [6.45, 7) is 3.06. The van der Waals surface area contributed by atoms with Crippen LogP contribution in [0.3, 0.4) is 0 Å². The highest BCUT2D eigenvalue weighted by Crippen LogP contribution is 2.37. The average Bonchev–Trinajstić information content (AvgIpc) is 3.10. The number of halogens is 1. The van der Waals surface area contributed by atoms with E-state index in [-0.39, 0.29) is 4.91 Å². The number of benzene rings is 2. The number of nitrogens with one attached hydrogen (secondary N) is 1. The molecule has 1 N–H and O–H groups in total. The van der Waals surface area contributed by atoms with Crippen LogP contribution in [-0.4, -0.2) is 55.4 Å². The van der Waals surface area contributed by atoms with Crippen molar-refractivity contribution in [3.63, 3.8) is 0 Å². The molecule has 2 heterocycles. The number of imide groups is 1. The molecule has 2 aromatic carbocycles. The summed E-state index contributed by atoms with van der Waals surface area (Å²) in [7, 11) is 1.54. The number of anilines is 1. The van der Waals surface area contributed by atoms with Crippen LogP contribution >= 0.6 is 34.4 Å². The van der Waals surface area contributed by atoms with Gasteiger partial charge in [0, 0.05) is 11.8 Å². The second kappa shape index (κ2) is 11.2. The Kier molecular flexibility index (Phi) is 8.06. The van der Waals surface area contributed by atoms with Crippen LogP contribution in [0.1, 0.15) is 18.9 Å². The molecule has 11 heteroatoms. The number of carbonyl (C=O) groups is 3. The van der Waals surface area contributed by atoms with E-state index in [1.165, 1.54) is 0 Å². The van der Waals surface area contributed by atoms with E-state index < -0.39 is 23.6 Å². The Morgan fingerprint density at radius 3 is 2.71 bits per heavy atom. The normalized spacial score (nSPS) is 16.0. The number of hydrogen-bond donors (Lipinski definition) is 1. The van der Waals surface area contributed by atoms with Gasteiger partial charge >= 0.3 is 0 Å². The summed E-state index contributed by atoms with van der Waals surface area (Å²) in [5.74, 6) is 1.27. The molecule has 0 atom stereocenters. The molecule has 4 rings (SSSR count). The summed E-state index contributed by atoms with van der Waals surface area (Å²) in [4.78, 5) is 39.1. The first-order valence-electron chi connectivity index (χ1n) is 10.8. The SMILES string of the molecule is CCCOc1c(I)cc(/C=C2\SC(=O)N(CC(=O)Nc3ccc4c(c3)OCCO4)C2=O)cc1OC. The average molecular weight is 610 g/mol. The van der Waals surface area contributed by atoms with Crippen LogP contribution < -0.4 is 24.3 Å². The molecule has 2 aliphatic heterocycles. The summed E-state index contributed by atoms with van der Waals surface area (Å²) in [6.07, 6.45) is 2.47. The molecule has 35 heavy (non-hydrogen) atoms. The predicted molar refractivity (Wildman–Crippen MR) is 140 cm³/mol. The van der Waals surface area contributed by atoms with Gasteiger partial charge in [0.25, 0.3) is 11.1 Å². The number of rotatable bonds is 8. The fourth-order valence-corrected chi connectivity index (χ4v) is 5.04. The predicted octanol–water partition coefficient (Wildman–Crippen LogP) is 4.53. The number of amides is 3. The van der Waals surface area contributed by atoms with Crippen molar-refractivity contribution in [2.24, 2.45) is 0 Å². The van der Waals surface area contributed by atoms with Crippen molar-refractivity contribution in [2.45, 2.75) is 13.3 Å². The first-order chi connectivity index (χ1) is 16.9. The standard InChI is InChI=1S/C24H23IN2O7S/c1-3-6-34-22-16(25)9-14(10-19(22)31-2)11-20-23(29)27(24(30)35-20)13-21(28)26-15-4-5-17-18(12-15)33-8-7-32-17/h4-5,9-12H,3,6-8,13H2,1-2H3,(H,26,28)/b20-11-. The lowest BCUT2D eigenvalue weighted by atomic mass is 10.2. The largest absolute Gasteiger partial charge is 0.493 e. The lowest BCUT2D eigenvalue weighted by molar-refractivity contribution is -0.127. The fourth-order valence-electron chi connectivity index (χ4n) is 3.42. The molecule has 1 fully saturated rings. The molecule has 1 saturated heterocycles. The minimum atomic E-state index is -0.530. The quantitative estimate of drug-likeness (QED) is 0.344. The molecule has 0 spiro atoms. The number of carbonyl (C=O) groups excluding carboxylic acids is 3. The molecule has 0 radical (unpaired) electrons. The Hall–Kier alpha value is -2.93. The molecule has 0 unspecified atom stereocenters. The van der Waals surface area contributed by atoms with Gasteiger partial charge in [0.15, 0.2) is 23.0 Å². The van der Waals surface area contributed by atoms with E-state index in [1.807, 2.05) is 13.0 Å². The van der Waals surface area contributed by atoms with E-state index in [4.69, 9.17) is 18.9 Å². The molecule has 9 nitrogen and oxygen atoms in total. The van der Waals surface area contributed by atoms with Gasteiger partial charge in [-0.2, -0.15) is 0 Å². The Balaban J connectivity index is 1.45. The van der Waals surface area contributed by atoms with Crippen molar-refractivity contribution >= 4 is 63.2 Å². The number of fused-ring (bicyclic) bond motifs is 1. The van der Waals surface area contributed by atoms with Crippen LogP contribution in [0, 0.1) is 3.57 Å². The number of methoxy groups -OCH3 is 1. The molecule has 0 aliphatic carbocycles. The van der Waals surface area contributed by atoms with Gasteiger partial charge in [-0.15, -0.1) is 0 Å². The third-order valence-electron chi connectivity index (χ3n) is 5.00. The molecule has 3 amide bonds. The number of nitrogens with zero attached hydrogens (tertiary/aromatic N) is 1. The van der Waals surface area contributed by atoms with E-state index >= 15 is 0 Å². The lowest BCUT2D eigenvalue weighted by Crippen LogP contribution is -2.36. The van der Waals surface area contributed by atoms with Crippen molar-refractivity contribution in [2.75, 3.05) is 38.8 Å². The molecule has 0 aromatic heterocycles. The first-order valence-corrected chi connectivity index (χ1v) is 12.7. The van der Waals surface area contributed by atoms with Gasteiger partial charge in [0.2, 0.25) is 5.91 Å². The van der Waals surface area contributed by atoms with Crippen LogP contribution in [0.2, 0.25) is 0 Å². The third-order valence-corrected chi connectivity index (χ3v) is 6.71. The highest BCUT2D eigenvalue weighted by Gasteiger charge is 2.36. The van der Waals surface area contributed by atoms with E-state index in [0.717, 1.165) is 26.7 Å². The molecular formula is C24H23IN2O7S. The summed E-state index contributed by atoms with van der Waals surface area (Å²) in [6, 6.07) is 8.60. The number of hydrogen-bond acceptors (Lipinski definition) is 8. The Bertz CT molecular complexity index is 1200. The van der Waals surface area contributed by atoms with Gasteiger partial charge in [-0.3, -0.25) is 19.3 Å². The summed E-state index contributed by atoms with van der Waals surface area (Å²) in [5.41, 5.74) is 1.16. The molecule has 184 valence electrons. The fraction of sp³-hybridized carbons (Fsp3) is 0.292. The van der Waals surface area contributed by atoms with Crippen molar-refractivity contribution in [1.82, 2.24) is 4.90 Å². The van der Waals surface area contributed by atoms with E-state index in [9.17, 15) is 14.4 Å². The number of thioether (sulfide) groups is 1. The molecule has 2 aliphatic rings. The van der Waals surface area contributed by atoms with Crippen molar-refractivity contribution < 1.29 is 33.3 Å². The van der Waals surface area contributed by atoms with Crippen molar-refractivity contribution in [1.29, 1.82) is 0 Å². The Labute approximate surface area is 220 Å². The minimum Gasteiger partial charge on any atom is -0.493 e. The smallest absolute Gasteiger partial charge is 0.294 e. The van der Waals surface area contributed by atoms with Crippen LogP contribution in [0.4, 0.5) is 10.5 Å². The van der Waals surface area contributed by atoms with E-state index in [0.29, 0.717) is 54.1 Å². The summed E-state index contributed by atoms with van der Waals surface area (Å²) >= 11 is 2.93. The number of ether oxygens (including phenoxy) is 4. The Morgan fingerprint density at radius 1 is 1.20 bits per heavy atom. The Morgan fingerprint density at radius 2 is 1.97 bits per heavy atom. The molecule has 2 aromatic rings. The maximum absolute atomic E-state index is 12.9. The van der Waals surface area contributed by atoms with Crippen molar-refractivity contribution in [3.8, 4) is 23.0 Å². The minimum absolute atomic E-state index is 0.224. The summed E-state index contributed by atoms with van der Waals surface area (Å²) < 4.78 is 23.0. The monoisotopic (exact) mass is 610 g/mol. The zero-order valence-electron chi connectivity index (χ0n) is 19.1. The third kappa shape index (κ3) is 5.84. The van der Waals surface area contributed by atoms with Crippen LogP contribution in [0.5, 0.6) is 23.0 Å². The second-order valence-corrected chi connectivity index (χ2v) is 9.71. The van der Waals surface area contributed by atoms with Crippen LogP contribution in [-0.2, 0) is 9.59 Å².